The Balaban J connectivity index is 1.70. The summed E-state index contributed by atoms with van der Waals surface area (Å²) in [6.45, 7) is -2.89. The summed E-state index contributed by atoms with van der Waals surface area (Å²) in [6, 6.07) is 9.85. The van der Waals surface area contributed by atoms with Gasteiger partial charge in [0.25, 0.3) is 0 Å². The van der Waals surface area contributed by atoms with E-state index in [-0.39, 0.29) is 24.0 Å². The highest BCUT2D eigenvalue weighted by molar-refractivity contribution is 8.00. The van der Waals surface area contributed by atoms with E-state index in [1.807, 2.05) is 0 Å². The first-order valence-electron chi connectivity index (χ1n) is 7.92. The van der Waals surface area contributed by atoms with Crippen LogP contribution in [0.2, 0.25) is 0 Å². The second kappa shape index (κ2) is 7.99. The van der Waals surface area contributed by atoms with Gasteiger partial charge in [0.15, 0.2) is 11.6 Å². The fraction of sp³-hybridized carbons (Fsp3) is 0.222. The van der Waals surface area contributed by atoms with Crippen molar-refractivity contribution in [2.75, 3.05) is 12.8 Å². The summed E-state index contributed by atoms with van der Waals surface area (Å²) in [5.74, 6) is -2.28. The Morgan fingerprint density at radius 3 is 2.63 bits per heavy atom. The predicted octanol–water partition coefficient (Wildman–Crippen LogP) is 4.46. The van der Waals surface area contributed by atoms with Crippen LogP contribution >= 0.6 is 11.8 Å². The number of amides is 1. The number of carbonyl (C=O) groups excluding carboxylic acids is 1. The van der Waals surface area contributed by atoms with Crippen LogP contribution in [0.15, 0.2) is 47.4 Å². The van der Waals surface area contributed by atoms with E-state index >= 15 is 0 Å². The van der Waals surface area contributed by atoms with Crippen LogP contribution in [0, 0.1) is 11.6 Å². The zero-order chi connectivity index (χ0) is 19.6. The van der Waals surface area contributed by atoms with Crippen LogP contribution in [-0.4, -0.2) is 33.2 Å². The predicted molar refractivity (Wildman–Crippen MR) is 94.5 cm³/mol. The second-order valence-corrected chi connectivity index (χ2v) is 6.83. The first-order valence-corrected chi connectivity index (χ1v) is 8.91. The highest BCUT2D eigenvalue weighted by Gasteiger charge is 2.20. The van der Waals surface area contributed by atoms with E-state index in [4.69, 9.17) is 0 Å². The number of alkyl halides is 2. The lowest BCUT2D eigenvalue weighted by Gasteiger charge is -2.17. The molecule has 0 N–H and O–H groups in total. The summed E-state index contributed by atoms with van der Waals surface area (Å²) in [4.78, 5) is 18.1. The smallest absolute Gasteiger partial charge is 0.320 e. The molecule has 0 aliphatic heterocycles. The number of rotatable bonds is 6. The Labute approximate surface area is 156 Å². The number of thioether (sulfide) groups is 1. The number of para-hydroxylation sites is 2. The van der Waals surface area contributed by atoms with Gasteiger partial charge in [0.1, 0.15) is 5.82 Å². The number of fused-ring (bicyclic) bond motifs is 1. The Hall–Kier alpha value is -2.55. The summed E-state index contributed by atoms with van der Waals surface area (Å²) < 4.78 is 53.8. The van der Waals surface area contributed by atoms with E-state index in [1.165, 1.54) is 18.0 Å². The molecule has 0 unspecified atom stereocenters. The van der Waals surface area contributed by atoms with E-state index in [0.29, 0.717) is 15.9 Å². The monoisotopic (exact) mass is 397 g/mol. The molecule has 1 heterocycles. The molecule has 1 aromatic heterocycles. The molecule has 0 bridgehead atoms. The van der Waals surface area contributed by atoms with Crippen molar-refractivity contribution in [2.45, 2.75) is 18.0 Å². The lowest BCUT2D eigenvalue weighted by atomic mass is 10.3. The third-order valence-corrected chi connectivity index (χ3v) is 4.90. The first-order chi connectivity index (χ1) is 12.9. The number of halogens is 4. The van der Waals surface area contributed by atoms with Gasteiger partial charge in [-0.25, -0.2) is 13.8 Å². The molecular formula is C18H15F4N3OS. The van der Waals surface area contributed by atoms with Crippen molar-refractivity contribution in [1.82, 2.24) is 14.5 Å². The van der Waals surface area contributed by atoms with Crippen molar-refractivity contribution in [3.05, 3.63) is 59.9 Å². The zero-order valence-corrected chi connectivity index (χ0v) is 15.0. The Morgan fingerprint density at radius 1 is 1.19 bits per heavy atom. The molecule has 0 aliphatic rings. The van der Waals surface area contributed by atoms with Gasteiger partial charge in [0.05, 0.1) is 23.3 Å². The molecule has 0 radical (unpaired) electrons. The van der Waals surface area contributed by atoms with Gasteiger partial charge in [-0.05, 0) is 30.3 Å². The molecule has 3 aromatic rings. The average Bonchev–Trinajstić information content (AvgIpc) is 3.00. The molecule has 2 aromatic carbocycles. The van der Waals surface area contributed by atoms with Crippen molar-refractivity contribution in [2.24, 2.45) is 0 Å². The maximum Gasteiger partial charge on any atom is 0.320 e. The third kappa shape index (κ3) is 4.24. The summed E-state index contributed by atoms with van der Waals surface area (Å²) in [7, 11) is 1.48. The first kappa shape index (κ1) is 19.2. The molecule has 1 amide bonds. The Morgan fingerprint density at radius 2 is 1.93 bits per heavy atom. The van der Waals surface area contributed by atoms with Crippen LogP contribution in [-0.2, 0) is 11.3 Å². The van der Waals surface area contributed by atoms with Crippen LogP contribution in [0.5, 0.6) is 0 Å². The summed E-state index contributed by atoms with van der Waals surface area (Å²) >= 11 is 1.03. The summed E-state index contributed by atoms with van der Waals surface area (Å²) in [5, 5.41) is 0. The Bertz CT molecular complexity index is 976. The maximum absolute atomic E-state index is 13.4. The van der Waals surface area contributed by atoms with Gasteiger partial charge >= 0.3 is 6.55 Å². The number of carbonyl (C=O) groups is 1. The minimum absolute atomic E-state index is 0.0452. The lowest BCUT2D eigenvalue weighted by molar-refractivity contribution is -0.127. The van der Waals surface area contributed by atoms with E-state index in [9.17, 15) is 22.4 Å². The molecule has 0 spiro atoms. The minimum atomic E-state index is -2.78. The molecule has 3 rings (SSSR count). The van der Waals surface area contributed by atoms with Gasteiger partial charge in [-0.15, -0.1) is 11.8 Å². The van der Waals surface area contributed by atoms with Gasteiger partial charge in [-0.2, -0.15) is 8.78 Å². The molecule has 0 aliphatic carbocycles. The van der Waals surface area contributed by atoms with Crippen molar-refractivity contribution in [3.8, 4) is 0 Å². The third-order valence-electron chi connectivity index (χ3n) is 3.92. The van der Waals surface area contributed by atoms with Crippen LogP contribution in [0.3, 0.4) is 0 Å². The summed E-state index contributed by atoms with van der Waals surface area (Å²) in [5.41, 5.74) is 0.712. The zero-order valence-electron chi connectivity index (χ0n) is 14.2. The fourth-order valence-electron chi connectivity index (χ4n) is 2.55. The highest BCUT2D eigenvalue weighted by atomic mass is 32.2. The van der Waals surface area contributed by atoms with Crippen molar-refractivity contribution >= 4 is 28.7 Å². The maximum atomic E-state index is 13.4. The molecule has 0 fully saturated rings. The van der Waals surface area contributed by atoms with Crippen molar-refractivity contribution in [3.63, 3.8) is 0 Å². The lowest BCUT2D eigenvalue weighted by Crippen LogP contribution is -2.29. The van der Waals surface area contributed by atoms with E-state index in [0.717, 1.165) is 28.5 Å². The molecular weight excluding hydrogens is 382 g/mol. The second-order valence-electron chi connectivity index (χ2n) is 5.78. The molecule has 9 heteroatoms. The molecule has 27 heavy (non-hydrogen) atoms. The largest absolute Gasteiger partial charge is 0.338 e. The van der Waals surface area contributed by atoms with Gasteiger partial charge in [-0.1, -0.05) is 12.1 Å². The van der Waals surface area contributed by atoms with Crippen LogP contribution < -0.4 is 0 Å². The Kier molecular flexibility index (Phi) is 5.69. The van der Waals surface area contributed by atoms with Crippen LogP contribution in [0.1, 0.15) is 12.4 Å². The SMILES string of the molecule is CN(Cc1nc2ccccc2n1C(F)F)C(=O)CSc1ccc(F)c(F)c1. The van der Waals surface area contributed by atoms with Crippen LogP contribution in [0.4, 0.5) is 17.6 Å². The number of hydrogen-bond donors (Lipinski definition) is 0. The molecule has 0 atom stereocenters. The number of imidazole rings is 1. The van der Waals surface area contributed by atoms with Crippen molar-refractivity contribution < 1.29 is 22.4 Å². The number of nitrogens with zero attached hydrogens (tertiary/aromatic N) is 3. The van der Waals surface area contributed by atoms with E-state index in [1.54, 1.807) is 24.3 Å². The van der Waals surface area contributed by atoms with Crippen LogP contribution in [0.25, 0.3) is 11.0 Å². The van der Waals surface area contributed by atoms with Crippen molar-refractivity contribution in [1.29, 1.82) is 0 Å². The molecule has 0 saturated heterocycles. The van der Waals surface area contributed by atoms with Gasteiger partial charge < -0.3 is 4.90 Å². The number of hydrogen-bond acceptors (Lipinski definition) is 3. The quantitative estimate of drug-likeness (QED) is 0.455. The van der Waals surface area contributed by atoms with E-state index in [2.05, 4.69) is 4.98 Å². The van der Waals surface area contributed by atoms with Gasteiger partial charge in [0.2, 0.25) is 5.91 Å². The minimum Gasteiger partial charge on any atom is -0.338 e. The van der Waals surface area contributed by atoms with Gasteiger partial charge in [-0.3, -0.25) is 9.36 Å². The molecule has 0 saturated carbocycles. The highest BCUT2D eigenvalue weighted by Crippen LogP contribution is 2.24. The topological polar surface area (TPSA) is 38.1 Å². The normalized spacial score (nSPS) is 11.3. The average molecular weight is 397 g/mol. The fourth-order valence-corrected chi connectivity index (χ4v) is 3.41. The molecule has 142 valence electrons. The van der Waals surface area contributed by atoms with Gasteiger partial charge in [0, 0.05) is 11.9 Å². The number of benzene rings is 2. The standard InChI is InChI=1S/C18H15F4N3OS/c1-24(17(26)10-27-11-6-7-12(19)13(20)8-11)9-16-23-14-4-2-3-5-15(14)25(16)18(21)22/h2-8,18H,9-10H2,1H3. The summed E-state index contributed by atoms with van der Waals surface area (Å²) in [6.07, 6.45) is 0. The van der Waals surface area contributed by atoms with E-state index < -0.39 is 18.2 Å². The number of aromatic nitrogens is 2. The molecule has 4 nitrogen and oxygen atoms in total.